The first-order valence-corrected chi connectivity index (χ1v) is 21.3. The zero-order chi connectivity index (χ0) is 43.8. The van der Waals surface area contributed by atoms with Crippen molar-refractivity contribution < 1.29 is 29.7 Å². The van der Waals surface area contributed by atoms with Gasteiger partial charge in [0.2, 0.25) is 0 Å². The fourth-order valence-corrected chi connectivity index (χ4v) is 8.29. The van der Waals surface area contributed by atoms with Gasteiger partial charge in [0.1, 0.15) is 0 Å². The van der Waals surface area contributed by atoms with Gasteiger partial charge >= 0.3 is 14.2 Å². The Bertz CT molecular complexity index is 2460. The van der Waals surface area contributed by atoms with E-state index in [1.54, 1.807) is 30.3 Å². The summed E-state index contributed by atoms with van der Waals surface area (Å²) in [6.45, 7) is 5.97. The van der Waals surface area contributed by atoms with Crippen molar-refractivity contribution in [2.24, 2.45) is 0 Å². The Hall–Kier alpha value is -5.79. The number of nitrogens with one attached hydrogen (secondary N) is 1. The number of carbonyl (C=O) groups is 2. The number of imide groups is 1. The van der Waals surface area contributed by atoms with Crippen LogP contribution in [-0.2, 0) is 32.7 Å². The average molecular weight is 832 g/mol. The van der Waals surface area contributed by atoms with Crippen molar-refractivity contribution in [2.75, 3.05) is 43.9 Å². The van der Waals surface area contributed by atoms with Crippen LogP contribution in [0.15, 0.2) is 127 Å². The summed E-state index contributed by atoms with van der Waals surface area (Å²) in [5.41, 5.74) is 8.67. The van der Waals surface area contributed by atoms with Gasteiger partial charge in [0.15, 0.2) is 0 Å². The van der Waals surface area contributed by atoms with E-state index in [2.05, 4.69) is 75.5 Å². The fourth-order valence-electron chi connectivity index (χ4n) is 8.29. The summed E-state index contributed by atoms with van der Waals surface area (Å²) >= 11 is 0. The lowest BCUT2D eigenvalue weighted by molar-refractivity contribution is 0.0589. The van der Waals surface area contributed by atoms with Crippen molar-refractivity contribution in [3.05, 3.63) is 166 Å². The molecule has 6 aromatic carbocycles. The highest BCUT2D eigenvalue weighted by Gasteiger charge is 2.33. The van der Waals surface area contributed by atoms with Gasteiger partial charge in [-0.3, -0.25) is 24.3 Å². The molecule has 0 atom stereocenters. The maximum atomic E-state index is 14.1. The van der Waals surface area contributed by atoms with Crippen molar-refractivity contribution in [3.63, 3.8) is 0 Å². The minimum absolute atomic E-state index is 0.139. The molecule has 1 aliphatic rings. The smallest absolute Gasteiger partial charge is 0.423 e. The van der Waals surface area contributed by atoms with Gasteiger partial charge in [-0.05, 0) is 75.5 Å². The van der Waals surface area contributed by atoms with E-state index in [1.165, 1.54) is 4.90 Å². The lowest BCUT2D eigenvalue weighted by Gasteiger charge is -2.31. The normalized spacial score (nSPS) is 12.4. The summed E-state index contributed by atoms with van der Waals surface area (Å²) in [5.74, 6) is -0.660. The third kappa shape index (κ3) is 10.4. The number of anilines is 2. The summed E-state index contributed by atoms with van der Waals surface area (Å²) in [6, 6.07) is 40.7. The highest BCUT2D eigenvalue weighted by Crippen LogP contribution is 2.34. The Balaban J connectivity index is 1.11. The van der Waals surface area contributed by atoms with Gasteiger partial charge in [0.05, 0.1) is 0 Å². The van der Waals surface area contributed by atoms with E-state index >= 15 is 0 Å². The van der Waals surface area contributed by atoms with Gasteiger partial charge in [-0.2, -0.15) is 0 Å². The molecule has 0 radical (unpaired) electrons. The van der Waals surface area contributed by atoms with Gasteiger partial charge in [0.25, 0.3) is 11.8 Å². The van der Waals surface area contributed by atoms with Crippen LogP contribution in [0.3, 0.4) is 0 Å². The highest BCUT2D eigenvalue weighted by atomic mass is 16.4. The number of hydrogen-bond acceptors (Lipinski definition) is 10. The quantitative estimate of drug-likeness (QED) is 0.0407. The molecule has 0 saturated carbocycles. The Labute approximate surface area is 365 Å². The van der Waals surface area contributed by atoms with Crippen LogP contribution in [0.25, 0.3) is 10.8 Å². The van der Waals surface area contributed by atoms with Crippen LogP contribution in [-0.4, -0.2) is 94.6 Å². The molecule has 318 valence electrons. The van der Waals surface area contributed by atoms with E-state index in [0.29, 0.717) is 66.7 Å². The molecule has 13 heteroatoms. The molecule has 0 unspecified atom stereocenters. The van der Waals surface area contributed by atoms with Crippen molar-refractivity contribution in [1.82, 2.24) is 14.7 Å². The maximum Gasteiger partial charge on any atom is 0.488 e. The number of rotatable bonds is 20. The molecule has 6 aromatic rings. The second-order valence-electron chi connectivity index (χ2n) is 16.3. The summed E-state index contributed by atoms with van der Waals surface area (Å²) in [6.07, 6.45) is 2.06. The molecule has 0 saturated heterocycles. The molecular weight excluding hydrogens is 776 g/mol. The SMILES string of the molecule is CCCCNc1ccc2c3c(cccc13)C(=O)N(CCN(Cc1ccc(CN(Cc3ccc(N(C)C)cc3)Cc3ccccc3B(O)O)cc1)Cc1ccccc1B(O)O)C2=O. The Morgan fingerprint density at radius 2 is 1.10 bits per heavy atom. The van der Waals surface area contributed by atoms with Crippen molar-refractivity contribution in [3.8, 4) is 0 Å². The van der Waals surface area contributed by atoms with Gasteiger partial charge in [-0.15, -0.1) is 0 Å². The van der Waals surface area contributed by atoms with Crippen molar-refractivity contribution in [2.45, 2.75) is 52.5 Å². The third-order valence-electron chi connectivity index (χ3n) is 11.6. The fraction of sp³-hybridized carbons (Fsp3) is 0.265. The Morgan fingerprint density at radius 1 is 0.581 bits per heavy atom. The van der Waals surface area contributed by atoms with Crippen LogP contribution in [0.1, 0.15) is 68.3 Å². The van der Waals surface area contributed by atoms with Gasteiger partial charge in [-0.25, -0.2) is 0 Å². The van der Waals surface area contributed by atoms with Gasteiger partial charge in [0, 0.05) is 99.7 Å². The van der Waals surface area contributed by atoms with E-state index in [4.69, 9.17) is 0 Å². The monoisotopic (exact) mass is 831 g/mol. The maximum absolute atomic E-state index is 14.1. The number of hydrogen-bond donors (Lipinski definition) is 5. The molecule has 62 heavy (non-hydrogen) atoms. The zero-order valence-electron chi connectivity index (χ0n) is 35.7. The van der Waals surface area contributed by atoms with Crippen LogP contribution in [0.2, 0.25) is 0 Å². The molecule has 0 fully saturated rings. The second-order valence-corrected chi connectivity index (χ2v) is 16.3. The first-order valence-electron chi connectivity index (χ1n) is 21.3. The first kappa shape index (κ1) is 44.3. The van der Waals surface area contributed by atoms with E-state index in [0.717, 1.165) is 64.0 Å². The average Bonchev–Trinajstić information content (AvgIpc) is 3.26. The molecule has 11 nitrogen and oxygen atoms in total. The van der Waals surface area contributed by atoms with Crippen LogP contribution in [0.4, 0.5) is 11.4 Å². The molecule has 2 amide bonds. The van der Waals surface area contributed by atoms with Crippen LogP contribution >= 0.6 is 0 Å². The van der Waals surface area contributed by atoms with E-state index in [-0.39, 0.29) is 18.4 Å². The molecule has 0 aliphatic carbocycles. The highest BCUT2D eigenvalue weighted by molar-refractivity contribution is 6.59. The van der Waals surface area contributed by atoms with Crippen molar-refractivity contribution in [1.29, 1.82) is 0 Å². The number of nitrogens with zero attached hydrogens (tertiary/aromatic N) is 4. The van der Waals surface area contributed by atoms with E-state index in [9.17, 15) is 29.7 Å². The minimum Gasteiger partial charge on any atom is -0.423 e. The molecule has 7 rings (SSSR count). The topological polar surface area (TPSA) is 140 Å². The summed E-state index contributed by atoms with van der Waals surface area (Å²) in [5, 5.41) is 45.7. The van der Waals surface area contributed by atoms with E-state index in [1.807, 2.05) is 62.6 Å². The van der Waals surface area contributed by atoms with Crippen LogP contribution < -0.4 is 21.1 Å². The molecule has 0 aromatic heterocycles. The molecule has 1 heterocycles. The number of benzene rings is 6. The molecule has 5 N–H and O–H groups in total. The number of amides is 2. The second kappa shape index (κ2) is 20.4. The van der Waals surface area contributed by atoms with Crippen LogP contribution in [0.5, 0.6) is 0 Å². The number of unbranched alkanes of at least 4 members (excludes halogenated alkanes) is 1. The standard InChI is InChI=1S/C49H55B2N5O6/c1-4-5-27-52-46-26-25-43-47-41(46)13-10-14-42(47)48(57)56(49(43)58)29-28-54(33-38-11-6-8-15-44(38)50(59)60)30-35-17-19-36(20-18-35)31-55(32-37-21-23-40(24-22-37)53(2)3)34-39-12-7-9-16-45(39)51(61)62/h6-26,52,59-62H,4-5,27-34H2,1-3H3. The predicted molar refractivity (Wildman–Crippen MR) is 250 cm³/mol. The first-order chi connectivity index (χ1) is 30.0. The minimum atomic E-state index is -1.66. The molecule has 1 aliphatic heterocycles. The molecule has 0 spiro atoms. The Kier molecular flexibility index (Phi) is 14.6. The predicted octanol–water partition coefficient (Wildman–Crippen LogP) is 4.98. The summed E-state index contributed by atoms with van der Waals surface area (Å²) in [4.78, 5) is 35.9. The lowest BCUT2D eigenvalue weighted by Crippen LogP contribution is -2.45. The lowest BCUT2D eigenvalue weighted by atomic mass is 9.77. The van der Waals surface area contributed by atoms with Gasteiger partial charge in [-0.1, -0.05) is 110 Å². The summed E-state index contributed by atoms with van der Waals surface area (Å²) < 4.78 is 0. The third-order valence-corrected chi connectivity index (χ3v) is 11.6. The largest absolute Gasteiger partial charge is 0.488 e. The molecule has 0 bridgehead atoms. The zero-order valence-corrected chi connectivity index (χ0v) is 35.7. The Morgan fingerprint density at radius 3 is 1.65 bits per heavy atom. The molecular formula is C49H55B2N5O6. The number of carbonyl (C=O) groups excluding carboxylic acids is 2. The van der Waals surface area contributed by atoms with Crippen LogP contribution in [0, 0.1) is 0 Å². The van der Waals surface area contributed by atoms with Gasteiger partial charge < -0.3 is 30.3 Å². The summed E-state index contributed by atoms with van der Waals surface area (Å²) in [7, 11) is 0.789. The van der Waals surface area contributed by atoms with Crippen molar-refractivity contribution >= 4 is 59.1 Å². The van der Waals surface area contributed by atoms with E-state index < -0.39 is 14.2 Å².